The molecule has 10 heavy (non-hydrogen) atoms. The summed E-state index contributed by atoms with van der Waals surface area (Å²) in [6.07, 6.45) is 0. The minimum absolute atomic E-state index is 0.713. The van der Waals surface area contributed by atoms with E-state index >= 15 is 0 Å². The van der Waals surface area contributed by atoms with Gasteiger partial charge in [-0.25, -0.2) is 0 Å². The fourth-order valence-electron chi connectivity index (χ4n) is 0.417. The predicted octanol–water partition coefficient (Wildman–Crippen LogP) is -0.135. The largest absolute Gasteiger partial charge is 0.481 e. The minimum atomic E-state index is -1.26. The first kappa shape index (κ1) is 8.81. The first-order valence-corrected chi connectivity index (χ1v) is 2.74. The molecule has 4 heteroatoms. The molecule has 0 amide bonds. The van der Waals surface area contributed by atoms with Crippen molar-refractivity contribution in [2.24, 2.45) is 5.92 Å². The number of rotatable bonds is 3. The van der Waals surface area contributed by atoms with Crippen molar-refractivity contribution in [2.45, 2.75) is 13.8 Å². The van der Waals surface area contributed by atoms with Crippen LogP contribution in [0.15, 0.2) is 0 Å². The zero-order valence-electron chi connectivity index (χ0n) is 5.75. The van der Waals surface area contributed by atoms with Gasteiger partial charge in [-0.15, -0.1) is 0 Å². The van der Waals surface area contributed by atoms with Crippen molar-refractivity contribution >= 4 is 17.5 Å². The molecule has 0 aliphatic carbocycles. The molecule has 0 aromatic carbocycles. The van der Waals surface area contributed by atoms with Crippen LogP contribution in [-0.4, -0.2) is 22.6 Å². The third-order valence-corrected chi connectivity index (χ3v) is 1.11. The molecule has 0 saturated heterocycles. The van der Waals surface area contributed by atoms with E-state index in [1.165, 1.54) is 6.92 Å². The zero-order chi connectivity index (χ0) is 8.31. The topological polar surface area (TPSA) is 71.4 Å². The molecule has 0 fully saturated rings. The van der Waals surface area contributed by atoms with E-state index < -0.39 is 23.5 Å². The molecule has 0 radical (unpaired) electrons. The second-order valence-corrected chi connectivity index (χ2v) is 1.98. The Balaban J connectivity index is 4.22. The molecule has 0 aliphatic heterocycles. The highest BCUT2D eigenvalue weighted by molar-refractivity contribution is 6.39. The predicted molar refractivity (Wildman–Crippen MR) is 32.5 cm³/mol. The van der Waals surface area contributed by atoms with Crippen molar-refractivity contribution in [3.63, 3.8) is 0 Å². The molecule has 56 valence electrons. The van der Waals surface area contributed by atoms with Crippen LogP contribution in [0.2, 0.25) is 0 Å². The number of aliphatic carboxylic acids is 1. The molecule has 0 aliphatic rings. The van der Waals surface area contributed by atoms with E-state index in [0.29, 0.717) is 0 Å². The fourth-order valence-corrected chi connectivity index (χ4v) is 0.417. The Morgan fingerprint density at radius 2 is 1.70 bits per heavy atom. The van der Waals surface area contributed by atoms with Gasteiger partial charge in [0.1, 0.15) is 5.92 Å². The van der Waals surface area contributed by atoms with Gasteiger partial charge in [0, 0.05) is 6.92 Å². The van der Waals surface area contributed by atoms with Crippen molar-refractivity contribution in [1.29, 1.82) is 0 Å². The van der Waals surface area contributed by atoms with Crippen LogP contribution in [0.4, 0.5) is 0 Å². The summed E-state index contributed by atoms with van der Waals surface area (Å²) in [5.74, 6) is -4.04. The fraction of sp³-hybridized carbons (Fsp3) is 0.500. The Hall–Kier alpha value is -1.19. The van der Waals surface area contributed by atoms with E-state index in [4.69, 9.17) is 5.11 Å². The zero-order valence-corrected chi connectivity index (χ0v) is 5.75. The van der Waals surface area contributed by atoms with Crippen molar-refractivity contribution < 1.29 is 19.5 Å². The summed E-state index contributed by atoms with van der Waals surface area (Å²) in [4.78, 5) is 30.9. The number of Topliss-reactive ketones (excluding diaryl/α,β-unsaturated/α-hetero) is 2. The number of carboxylic acid groups (broad SMARTS) is 1. The highest BCUT2D eigenvalue weighted by Gasteiger charge is 2.23. The average Bonchev–Trinajstić information content (AvgIpc) is 1.84. The number of carbonyl (C=O) groups is 3. The van der Waals surface area contributed by atoms with Gasteiger partial charge in [-0.3, -0.25) is 14.4 Å². The van der Waals surface area contributed by atoms with E-state index in [0.717, 1.165) is 6.92 Å². The summed E-state index contributed by atoms with van der Waals surface area (Å²) in [6.45, 7) is 2.24. The summed E-state index contributed by atoms with van der Waals surface area (Å²) < 4.78 is 0. The summed E-state index contributed by atoms with van der Waals surface area (Å²) in [5.41, 5.74) is 0. The lowest BCUT2D eigenvalue weighted by Gasteiger charge is -1.98. The standard InChI is InChI=1S/C6H8O4/c1-3(6(9)10)5(8)4(2)7/h3H,1-2H3,(H,9,10). The molecule has 0 rings (SSSR count). The van der Waals surface area contributed by atoms with Crippen LogP contribution in [0.1, 0.15) is 13.8 Å². The van der Waals surface area contributed by atoms with Crippen LogP contribution >= 0.6 is 0 Å². The van der Waals surface area contributed by atoms with Gasteiger partial charge in [-0.2, -0.15) is 0 Å². The minimum Gasteiger partial charge on any atom is -0.481 e. The Morgan fingerprint density at radius 1 is 1.30 bits per heavy atom. The molecule has 0 bridgehead atoms. The summed E-state index contributed by atoms with van der Waals surface area (Å²) in [6, 6.07) is 0. The Kier molecular flexibility index (Phi) is 2.73. The summed E-state index contributed by atoms with van der Waals surface area (Å²) in [7, 11) is 0. The van der Waals surface area contributed by atoms with Crippen LogP contribution in [0.3, 0.4) is 0 Å². The third kappa shape index (κ3) is 1.97. The summed E-state index contributed by atoms with van der Waals surface area (Å²) in [5, 5.41) is 8.23. The molecular weight excluding hydrogens is 136 g/mol. The van der Waals surface area contributed by atoms with Crippen molar-refractivity contribution in [1.82, 2.24) is 0 Å². The molecule has 0 spiro atoms. The maximum Gasteiger partial charge on any atom is 0.314 e. The van der Waals surface area contributed by atoms with E-state index in [9.17, 15) is 14.4 Å². The molecule has 1 unspecified atom stereocenters. The van der Waals surface area contributed by atoms with Gasteiger partial charge < -0.3 is 5.11 Å². The normalized spacial score (nSPS) is 12.2. The molecule has 1 N–H and O–H groups in total. The van der Waals surface area contributed by atoms with Crippen molar-refractivity contribution in [3.8, 4) is 0 Å². The van der Waals surface area contributed by atoms with E-state index in [2.05, 4.69) is 0 Å². The maximum atomic E-state index is 10.6. The lowest BCUT2D eigenvalue weighted by atomic mass is 10.0. The van der Waals surface area contributed by atoms with Gasteiger partial charge in [0.25, 0.3) is 0 Å². The second kappa shape index (κ2) is 3.10. The number of carboxylic acids is 1. The number of hydrogen-bond acceptors (Lipinski definition) is 3. The molecule has 4 nitrogen and oxygen atoms in total. The van der Waals surface area contributed by atoms with Crippen LogP contribution in [-0.2, 0) is 14.4 Å². The maximum absolute atomic E-state index is 10.6. The highest BCUT2D eigenvalue weighted by atomic mass is 16.4. The van der Waals surface area contributed by atoms with Crippen molar-refractivity contribution in [3.05, 3.63) is 0 Å². The third-order valence-electron chi connectivity index (χ3n) is 1.11. The lowest BCUT2D eigenvalue weighted by Crippen LogP contribution is -2.25. The van der Waals surface area contributed by atoms with Crippen LogP contribution in [0.5, 0.6) is 0 Å². The van der Waals surface area contributed by atoms with Gasteiger partial charge in [0.15, 0.2) is 5.78 Å². The van der Waals surface area contributed by atoms with Crippen molar-refractivity contribution in [2.75, 3.05) is 0 Å². The summed E-state index contributed by atoms with van der Waals surface area (Å²) >= 11 is 0. The molecule has 0 aromatic rings. The van der Waals surface area contributed by atoms with Gasteiger partial charge in [0.2, 0.25) is 5.78 Å². The highest BCUT2D eigenvalue weighted by Crippen LogP contribution is 1.96. The SMILES string of the molecule is CC(=O)C(=O)C(C)C(=O)O. The molecule has 0 heterocycles. The molecule has 1 atom stereocenters. The second-order valence-electron chi connectivity index (χ2n) is 1.98. The average molecular weight is 144 g/mol. The van der Waals surface area contributed by atoms with Gasteiger partial charge >= 0.3 is 5.97 Å². The van der Waals surface area contributed by atoms with Gasteiger partial charge in [0.05, 0.1) is 0 Å². The Morgan fingerprint density at radius 3 is 1.80 bits per heavy atom. The van der Waals surface area contributed by atoms with Crippen LogP contribution in [0.25, 0.3) is 0 Å². The first-order valence-electron chi connectivity index (χ1n) is 2.74. The first-order chi connectivity index (χ1) is 4.46. The van der Waals surface area contributed by atoms with Crippen LogP contribution in [0, 0.1) is 5.92 Å². The molecular formula is C6H8O4. The van der Waals surface area contributed by atoms with E-state index in [1.54, 1.807) is 0 Å². The van der Waals surface area contributed by atoms with E-state index in [1.807, 2.05) is 0 Å². The quantitative estimate of drug-likeness (QED) is 0.442. The lowest BCUT2D eigenvalue weighted by molar-refractivity contribution is -0.149. The van der Waals surface area contributed by atoms with Crippen LogP contribution < -0.4 is 0 Å². The van der Waals surface area contributed by atoms with E-state index in [-0.39, 0.29) is 0 Å². The molecule has 0 aromatic heterocycles. The number of carbonyl (C=O) groups excluding carboxylic acids is 2. The van der Waals surface area contributed by atoms with Gasteiger partial charge in [-0.1, -0.05) is 0 Å². The smallest absolute Gasteiger partial charge is 0.314 e. The van der Waals surface area contributed by atoms with Gasteiger partial charge in [-0.05, 0) is 6.92 Å². The number of hydrogen-bond donors (Lipinski definition) is 1. The Labute approximate surface area is 57.8 Å². The number of ketones is 2. The molecule has 0 saturated carbocycles. The Bertz CT molecular complexity index is 182. The monoisotopic (exact) mass is 144 g/mol.